The Morgan fingerprint density at radius 2 is 1.72 bits per heavy atom. The number of esters is 1. The summed E-state index contributed by atoms with van der Waals surface area (Å²) in [4.78, 5) is 24.8. The minimum Gasteiger partial charge on any atom is -0.465 e. The quantitative estimate of drug-likeness (QED) is 0.568. The molecular formula is C25H31NO3. The summed E-state index contributed by atoms with van der Waals surface area (Å²) in [7, 11) is 1.38. The van der Waals surface area contributed by atoms with Crippen LogP contribution in [0.5, 0.6) is 0 Å². The number of amides is 1. The lowest BCUT2D eigenvalue weighted by Crippen LogP contribution is -2.35. The van der Waals surface area contributed by atoms with E-state index in [1.54, 1.807) is 12.1 Å². The van der Waals surface area contributed by atoms with E-state index in [1.165, 1.54) is 13.5 Å². The summed E-state index contributed by atoms with van der Waals surface area (Å²) in [5, 5.41) is 3.33. The molecule has 154 valence electrons. The largest absolute Gasteiger partial charge is 0.465 e. The first-order valence-corrected chi connectivity index (χ1v) is 10.6. The first kappa shape index (κ1) is 21.1. The molecule has 0 radical (unpaired) electrons. The molecule has 2 aromatic rings. The molecule has 4 nitrogen and oxygen atoms in total. The fourth-order valence-corrected chi connectivity index (χ4v) is 4.70. The van der Waals surface area contributed by atoms with Gasteiger partial charge in [-0.25, -0.2) is 4.79 Å². The number of hydrogen-bond donors (Lipinski definition) is 1. The first-order valence-electron chi connectivity index (χ1n) is 10.6. The highest BCUT2D eigenvalue weighted by atomic mass is 16.5. The van der Waals surface area contributed by atoms with Crippen LogP contribution in [-0.2, 0) is 4.74 Å². The average Bonchev–Trinajstić information content (AvgIpc) is 3.45. The molecule has 0 aromatic heterocycles. The molecule has 2 aromatic carbocycles. The van der Waals surface area contributed by atoms with E-state index in [0.29, 0.717) is 17.0 Å². The van der Waals surface area contributed by atoms with Gasteiger partial charge < -0.3 is 10.1 Å². The summed E-state index contributed by atoms with van der Waals surface area (Å²) in [6.45, 7) is 4.43. The molecule has 3 atom stereocenters. The third kappa shape index (κ3) is 4.52. The number of nitrogens with one attached hydrogen (secondary N) is 1. The van der Waals surface area contributed by atoms with Crippen LogP contribution in [0.25, 0.3) is 0 Å². The van der Waals surface area contributed by atoms with Gasteiger partial charge in [0.05, 0.1) is 18.7 Å². The van der Waals surface area contributed by atoms with E-state index in [9.17, 15) is 9.59 Å². The van der Waals surface area contributed by atoms with Gasteiger partial charge in [0.15, 0.2) is 0 Å². The summed E-state index contributed by atoms with van der Waals surface area (Å²) < 4.78 is 4.82. The van der Waals surface area contributed by atoms with Crippen molar-refractivity contribution in [1.29, 1.82) is 0 Å². The molecule has 1 aliphatic carbocycles. The van der Waals surface area contributed by atoms with Crippen LogP contribution in [0, 0.1) is 11.3 Å². The lowest BCUT2D eigenvalue weighted by Gasteiger charge is -2.30. The summed E-state index contributed by atoms with van der Waals surface area (Å²) in [5.41, 5.74) is 2.33. The van der Waals surface area contributed by atoms with Gasteiger partial charge in [-0.3, -0.25) is 4.79 Å². The molecule has 1 saturated carbocycles. The fraction of sp³-hybridized carbons (Fsp3) is 0.440. The van der Waals surface area contributed by atoms with Crippen molar-refractivity contribution in [3.8, 4) is 0 Å². The van der Waals surface area contributed by atoms with Crippen molar-refractivity contribution in [3.63, 3.8) is 0 Å². The van der Waals surface area contributed by atoms with Gasteiger partial charge in [0.2, 0.25) is 0 Å². The highest BCUT2D eigenvalue weighted by molar-refractivity contribution is 5.94. The number of ether oxygens (including phenoxy) is 1. The molecule has 3 rings (SSSR count). The smallest absolute Gasteiger partial charge is 0.337 e. The lowest BCUT2D eigenvalue weighted by atomic mass is 9.83. The summed E-state index contributed by atoms with van der Waals surface area (Å²) >= 11 is 0. The minimum absolute atomic E-state index is 0.0507. The van der Waals surface area contributed by atoms with Crippen LogP contribution in [0.1, 0.15) is 78.3 Å². The van der Waals surface area contributed by atoms with E-state index in [-0.39, 0.29) is 23.3 Å². The highest BCUT2D eigenvalue weighted by Gasteiger charge is 2.57. The highest BCUT2D eigenvalue weighted by Crippen LogP contribution is 2.64. The van der Waals surface area contributed by atoms with Crippen LogP contribution in [0.2, 0.25) is 0 Å². The monoisotopic (exact) mass is 393 g/mol. The van der Waals surface area contributed by atoms with Gasteiger partial charge >= 0.3 is 5.97 Å². The SMILES string of the molecule is CCC[C@@H]1C[C@@]1(CCC)[C@@H](NC(=O)c1ccccc1)c1ccc(C(=O)OC)cc1. The predicted octanol–water partition coefficient (Wildman–Crippen LogP) is 5.55. The van der Waals surface area contributed by atoms with Crippen molar-refractivity contribution in [2.45, 2.75) is 52.0 Å². The molecule has 0 unspecified atom stereocenters. The normalized spacial score (nSPS) is 21.3. The van der Waals surface area contributed by atoms with Crippen molar-refractivity contribution in [2.24, 2.45) is 11.3 Å². The second-order valence-corrected chi connectivity index (χ2v) is 8.06. The van der Waals surface area contributed by atoms with Gasteiger partial charge in [-0.2, -0.15) is 0 Å². The Morgan fingerprint density at radius 3 is 2.31 bits per heavy atom. The van der Waals surface area contributed by atoms with Crippen LogP contribution in [0.4, 0.5) is 0 Å². The standard InChI is InChI=1S/C25H31NO3/c1-4-9-21-17-25(21,16-5-2)22(26-23(27)19-10-7-6-8-11-19)18-12-14-20(15-13-18)24(28)29-3/h6-8,10-15,21-22H,4-5,9,16-17H2,1-3H3,(H,26,27)/t21-,22+,25-/m1/s1. The van der Waals surface area contributed by atoms with Gasteiger partial charge in [0.25, 0.3) is 5.91 Å². The molecule has 1 N–H and O–H groups in total. The maximum atomic E-state index is 13.0. The Balaban J connectivity index is 1.93. The number of carbonyl (C=O) groups excluding carboxylic acids is 2. The predicted molar refractivity (Wildman–Crippen MR) is 115 cm³/mol. The topological polar surface area (TPSA) is 55.4 Å². The number of methoxy groups -OCH3 is 1. The molecule has 1 amide bonds. The average molecular weight is 394 g/mol. The fourth-order valence-electron chi connectivity index (χ4n) is 4.70. The van der Waals surface area contributed by atoms with E-state index < -0.39 is 0 Å². The van der Waals surface area contributed by atoms with Crippen LogP contribution in [0.3, 0.4) is 0 Å². The molecule has 0 aliphatic heterocycles. The van der Waals surface area contributed by atoms with Crippen molar-refractivity contribution in [3.05, 3.63) is 71.3 Å². The number of rotatable bonds is 9. The van der Waals surface area contributed by atoms with Crippen molar-refractivity contribution < 1.29 is 14.3 Å². The molecule has 29 heavy (non-hydrogen) atoms. The Labute approximate surface area is 173 Å². The molecule has 0 bridgehead atoms. The van der Waals surface area contributed by atoms with Gasteiger partial charge in [-0.05, 0) is 54.0 Å². The van der Waals surface area contributed by atoms with Crippen LogP contribution in [-0.4, -0.2) is 19.0 Å². The Morgan fingerprint density at radius 1 is 1.03 bits per heavy atom. The Bertz CT molecular complexity index is 831. The summed E-state index contributed by atoms with van der Waals surface area (Å²) in [5.74, 6) is 0.221. The van der Waals surface area contributed by atoms with Gasteiger partial charge in [0, 0.05) is 5.56 Å². The van der Waals surface area contributed by atoms with E-state index in [1.807, 2.05) is 42.5 Å². The van der Waals surface area contributed by atoms with Crippen molar-refractivity contribution in [1.82, 2.24) is 5.32 Å². The third-order valence-electron chi connectivity index (χ3n) is 6.18. The summed E-state index contributed by atoms with van der Waals surface area (Å²) in [6, 6.07) is 16.8. The van der Waals surface area contributed by atoms with Gasteiger partial charge in [-0.15, -0.1) is 0 Å². The number of benzene rings is 2. The molecule has 0 spiro atoms. The van der Waals surface area contributed by atoms with Crippen LogP contribution < -0.4 is 5.32 Å². The molecule has 0 heterocycles. The number of hydrogen-bond acceptors (Lipinski definition) is 3. The maximum Gasteiger partial charge on any atom is 0.337 e. The zero-order chi connectivity index (χ0) is 20.9. The molecule has 1 fully saturated rings. The Hall–Kier alpha value is -2.62. The van der Waals surface area contributed by atoms with Crippen molar-refractivity contribution >= 4 is 11.9 Å². The van der Waals surface area contributed by atoms with Gasteiger partial charge in [0.1, 0.15) is 0 Å². The van der Waals surface area contributed by atoms with E-state index in [0.717, 1.165) is 31.2 Å². The summed E-state index contributed by atoms with van der Waals surface area (Å²) in [6.07, 6.45) is 5.62. The van der Waals surface area contributed by atoms with E-state index in [2.05, 4.69) is 19.2 Å². The zero-order valence-corrected chi connectivity index (χ0v) is 17.6. The molecule has 4 heteroatoms. The molecular weight excluding hydrogens is 362 g/mol. The van der Waals surface area contributed by atoms with Crippen molar-refractivity contribution in [2.75, 3.05) is 7.11 Å². The number of carbonyl (C=O) groups is 2. The van der Waals surface area contributed by atoms with E-state index in [4.69, 9.17) is 4.74 Å². The second-order valence-electron chi connectivity index (χ2n) is 8.06. The maximum absolute atomic E-state index is 13.0. The van der Waals surface area contributed by atoms with Crippen LogP contribution >= 0.6 is 0 Å². The van der Waals surface area contributed by atoms with E-state index >= 15 is 0 Å². The Kier molecular flexibility index (Phi) is 6.73. The second kappa shape index (κ2) is 9.25. The van der Waals surface area contributed by atoms with Crippen LogP contribution in [0.15, 0.2) is 54.6 Å². The first-order chi connectivity index (χ1) is 14.1. The lowest BCUT2D eigenvalue weighted by molar-refractivity contribution is 0.0600. The molecule has 0 saturated heterocycles. The van der Waals surface area contributed by atoms with Gasteiger partial charge in [-0.1, -0.05) is 63.4 Å². The third-order valence-corrected chi connectivity index (χ3v) is 6.18. The zero-order valence-electron chi connectivity index (χ0n) is 17.6. The minimum atomic E-state index is -0.347. The molecule has 1 aliphatic rings.